The highest BCUT2D eigenvalue weighted by atomic mass is 16.3. The molecule has 110 valence electrons. The van der Waals surface area contributed by atoms with Crippen molar-refractivity contribution < 1.29 is 14.7 Å². The summed E-state index contributed by atoms with van der Waals surface area (Å²) in [4.78, 5) is 25.9. The quantitative estimate of drug-likeness (QED) is 0.630. The summed E-state index contributed by atoms with van der Waals surface area (Å²) in [5.74, 6) is 0.0729. The van der Waals surface area contributed by atoms with Crippen LogP contribution < -0.4 is 0 Å². The Labute approximate surface area is 119 Å². The summed E-state index contributed by atoms with van der Waals surface area (Å²) < 4.78 is 0. The Bertz CT molecular complexity index is 399. The van der Waals surface area contributed by atoms with Gasteiger partial charge in [-0.15, -0.1) is 0 Å². The number of fused-ring (bicyclic) bond motifs is 1. The second kappa shape index (κ2) is 5.68. The molecule has 1 heterocycles. The van der Waals surface area contributed by atoms with Crippen LogP contribution in [0, 0.1) is 17.8 Å². The van der Waals surface area contributed by atoms with Gasteiger partial charge in [0.15, 0.2) is 0 Å². The van der Waals surface area contributed by atoms with Gasteiger partial charge in [-0.05, 0) is 25.2 Å². The third-order valence-electron chi connectivity index (χ3n) is 5.07. The number of likely N-dealkylation sites (tertiary alicyclic amines) is 1. The van der Waals surface area contributed by atoms with E-state index in [1.807, 2.05) is 12.2 Å². The first-order valence-electron chi connectivity index (χ1n) is 7.85. The highest BCUT2D eigenvalue weighted by Gasteiger charge is 2.47. The zero-order chi connectivity index (χ0) is 14.1. The van der Waals surface area contributed by atoms with Crippen LogP contribution in [0.4, 0.5) is 0 Å². The fourth-order valence-corrected chi connectivity index (χ4v) is 3.97. The number of hydrogen-bond acceptors (Lipinski definition) is 3. The molecule has 0 spiro atoms. The van der Waals surface area contributed by atoms with E-state index in [9.17, 15) is 14.7 Å². The number of aliphatic hydroxyl groups is 1. The van der Waals surface area contributed by atoms with Gasteiger partial charge < -0.3 is 5.11 Å². The number of nitrogens with zero attached hydrogens (tertiary/aromatic N) is 1. The van der Waals surface area contributed by atoms with Crippen molar-refractivity contribution in [3.05, 3.63) is 12.2 Å². The maximum absolute atomic E-state index is 12.3. The molecular formula is C16H23NO3. The molecule has 2 amide bonds. The Morgan fingerprint density at radius 3 is 2.20 bits per heavy atom. The lowest BCUT2D eigenvalue weighted by Gasteiger charge is -2.21. The average molecular weight is 277 g/mol. The van der Waals surface area contributed by atoms with Crippen LogP contribution in [0.3, 0.4) is 0 Å². The Hall–Kier alpha value is -1.16. The Balaban J connectivity index is 1.59. The highest BCUT2D eigenvalue weighted by Crippen LogP contribution is 2.35. The second-order valence-corrected chi connectivity index (χ2v) is 6.48. The predicted octanol–water partition coefficient (Wildman–Crippen LogP) is 1.88. The van der Waals surface area contributed by atoms with Gasteiger partial charge in [0.05, 0.1) is 24.5 Å². The number of allylic oxidation sites excluding steroid dienone is 2. The van der Waals surface area contributed by atoms with Crippen LogP contribution in [0.25, 0.3) is 0 Å². The van der Waals surface area contributed by atoms with Crippen molar-refractivity contribution in [1.29, 1.82) is 0 Å². The maximum atomic E-state index is 12.3. The molecule has 4 nitrogen and oxygen atoms in total. The molecule has 0 aromatic rings. The van der Waals surface area contributed by atoms with Gasteiger partial charge in [-0.25, -0.2) is 0 Å². The molecule has 0 aromatic carbocycles. The fourth-order valence-electron chi connectivity index (χ4n) is 3.97. The predicted molar refractivity (Wildman–Crippen MR) is 74.7 cm³/mol. The molecule has 1 aliphatic heterocycles. The van der Waals surface area contributed by atoms with E-state index in [2.05, 4.69) is 0 Å². The van der Waals surface area contributed by atoms with Gasteiger partial charge in [-0.1, -0.05) is 37.8 Å². The number of imide groups is 1. The Morgan fingerprint density at radius 2 is 1.65 bits per heavy atom. The van der Waals surface area contributed by atoms with Gasteiger partial charge in [0.25, 0.3) is 0 Å². The largest absolute Gasteiger partial charge is 0.391 e. The molecule has 20 heavy (non-hydrogen) atoms. The normalized spacial score (nSPS) is 31.9. The number of carbonyl (C=O) groups is 2. The van der Waals surface area contributed by atoms with Crippen LogP contribution in [-0.2, 0) is 9.59 Å². The molecule has 1 N–H and O–H groups in total. The van der Waals surface area contributed by atoms with E-state index in [0.717, 1.165) is 6.42 Å². The summed E-state index contributed by atoms with van der Waals surface area (Å²) in [7, 11) is 0. The van der Waals surface area contributed by atoms with E-state index in [0.29, 0.717) is 18.8 Å². The van der Waals surface area contributed by atoms with Crippen molar-refractivity contribution >= 4 is 11.8 Å². The third-order valence-corrected chi connectivity index (χ3v) is 5.07. The molecule has 0 unspecified atom stereocenters. The summed E-state index contributed by atoms with van der Waals surface area (Å²) in [6.45, 7) is 0.196. The molecule has 2 aliphatic carbocycles. The number of hydrogen-bond donors (Lipinski definition) is 1. The molecule has 0 aromatic heterocycles. The van der Waals surface area contributed by atoms with Crippen LogP contribution in [0.1, 0.15) is 44.9 Å². The maximum Gasteiger partial charge on any atom is 0.233 e. The number of carbonyl (C=O) groups excluding carboxylic acids is 2. The molecule has 1 saturated heterocycles. The topological polar surface area (TPSA) is 57.6 Å². The summed E-state index contributed by atoms with van der Waals surface area (Å²) >= 11 is 0. The van der Waals surface area contributed by atoms with Crippen molar-refractivity contribution in [1.82, 2.24) is 4.90 Å². The third kappa shape index (κ3) is 2.53. The standard InChI is InChI=1S/C16H23NO3/c18-12(9-11-5-1-2-6-11)10-17-15(19)13-7-3-4-8-14(13)16(17)20/h3-4,11-14,18H,1-2,5-10H2/t12-,13+,14+/m0/s1. The van der Waals surface area contributed by atoms with E-state index in [1.165, 1.54) is 30.6 Å². The second-order valence-electron chi connectivity index (χ2n) is 6.48. The van der Waals surface area contributed by atoms with Crippen molar-refractivity contribution in [2.45, 2.75) is 51.0 Å². The number of rotatable bonds is 4. The first-order chi connectivity index (χ1) is 9.66. The minimum atomic E-state index is -0.556. The van der Waals surface area contributed by atoms with Gasteiger partial charge in [-0.2, -0.15) is 0 Å². The molecular weight excluding hydrogens is 254 g/mol. The van der Waals surface area contributed by atoms with Crippen LogP contribution in [0.15, 0.2) is 12.2 Å². The van der Waals surface area contributed by atoms with Crippen LogP contribution in [0.2, 0.25) is 0 Å². The lowest BCUT2D eigenvalue weighted by atomic mass is 9.85. The average Bonchev–Trinajstić information content (AvgIpc) is 3.03. The Morgan fingerprint density at radius 1 is 1.10 bits per heavy atom. The first-order valence-corrected chi connectivity index (χ1v) is 7.85. The monoisotopic (exact) mass is 277 g/mol. The molecule has 3 rings (SSSR count). The number of β-amino-alcohol motifs (C(OH)–C–C–N with tert-alkyl or cyclic N) is 1. The van der Waals surface area contributed by atoms with Crippen molar-refractivity contribution in [2.75, 3.05) is 6.54 Å². The first kappa shape index (κ1) is 13.8. The van der Waals surface area contributed by atoms with Crippen molar-refractivity contribution in [3.8, 4) is 0 Å². The molecule has 0 radical (unpaired) electrons. The van der Waals surface area contributed by atoms with Crippen LogP contribution in [0.5, 0.6) is 0 Å². The van der Waals surface area contributed by atoms with Crippen LogP contribution in [-0.4, -0.2) is 34.5 Å². The summed E-state index contributed by atoms with van der Waals surface area (Å²) in [5, 5.41) is 10.2. The Kier molecular flexibility index (Phi) is 3.92. The highest BCUT2D eigenvalue weighted by molar-refractivity contribution is 6.05. The lowest BCUT2D eigenvalue weighted by Crippen LogP contribution is -2.38. The minimum Gasteiger partial charge on any atom is -0.391 e. The smallest absolute Gasteiger partial charge is 0.233 e. The lowest BCUT2D eigenvalue weighted by molar-refractivity contribution is -0.141. The zero-order valence-electron chi connectivity index (χ0n) is 11.8. The van der Waals surface area contributed by atoms with E-state index in [-0.39, 0.29) is 30.2 Å². The van der Waals surface area contributed by atoms with Crippen molar-refractivity contribution in [3.63, 3.8) is 0 Å². The van der Waals surface area contributed by atoms with Gasteiger partial charge in [-0.3, -0.25) is 14.5 Å². The zero-order valence-corrected chi connectivity index (χ0v) is 11.8. The van der Waals surface area contributed by atoms with Gasteiger partial charge in [0, 0.05) is 0 Å². The SMILES string of the molecule is O=C1[C@@H]2CC=CC[C@H]2C(=O)N1C[C@@H](O)CC1CCCC1. The summed E-state index contributed by atoms with van der Waals surface area (Å²) in [6.07, 6.45) is 10.3. The van der Waals surface area contributed by atoms with E-state index in [4.69, 9.17) is 0 Å². The number of amides is 2. The molecule has 3 atom stereocenters. The summed E-state index contributed by atoms with van der Waals surface area (Å²) in [5.41, 5.74) is 0. The van der Waals surface area contributed by atoms with Gasteiger partial charge in [0.2, 0.25) is 11.8 Å². The van der Waals surface area contributed by atoms with Gasteiger partial charge in [0.1, 0.15) is 0 Å². The fraction of sp³-hybridized carbons (Fsp3) is 0.750. The molecule has 2 fully saturated rings. The molecule has 0 bridgehead atoms. The molecule has 3 aliphatic rings. The minimum absolute atomic E-state index is 0.0742. The molecule has 4 heteroatoms. The van der Waals surface area contributed by atoms with Crippen molar-refractivity contribution in [2.24, 2.45) is 17.8 Å². The van der Waals surface area contributed by atoms with Gasteiger partial charge >= 0.3 is 0 Å². The van der Waals surface area contributed by atoms with Crippen LogP contribution >= 0.6 is 0 Å². The van der Waals surface area contributed by atoms with E-state index in [1.54, 1.807) is 0 Å². The number of aliphatic hydroxyl groups excluding tert-OH is 1. The van der Waals surface area contributed by atoms with E-state index < -0.39 is 6.10 Å². The summed E-state index contributed by atoms with van der Waals surface area (Å²) in [6, 6.07) is 0. The molecule has 1 saturated carbocycles. The van der Waals surface area contributed by atoms with E-state index >= 15 is 0 Å².